The minimum Gasteiger partial charge on any atom is -0.494 e. The minimum absolute atomic E-state index is 0.116. The van der Waals surface area contributed by atoms with Crippen LogP contribution in [0.25, 0.3) is 0 Å². The Hall–Kier alpha value is -2.38. The van der Waals surface area contributed by atoms with Crippen molar-refractivity contribution in [1.82, 2.24) is 10.3 Å². The minimum atomic E-state index is -0.817. The summed E-state index contributed by atoms with van der Waals surface area (Å²) in [7, 11) is 0. The SMILES string of the molecule is CCOc1ccccc1CNC(=O)c1coc(C(N)C(C)O)n1. The summed E-state index contributed by atoms with van der Waals surface area (Å²) in [5.74, 6) is 0.469. The number of ether oxygens (including phenoxy) is 1. The van der Waals surface area contributed by atoms with Gasteiger partial charge in [-0.1, -0.05) is 18.2 Å². The highest BCUT2D eigenvalue weighted by Crippen LogP contribution is 2.18. The molecule has 2 atom stereocenters. The molecule has 7 nitrogen and oxygen atoms in total. The van der Waals surface area contributed by atoms with Gasteiger partial charge in [-0.25, -0.2) is 4.98 Å². The molecule has 2 aromatic rings. The number of nitrogens with zero attached hydrogens (tertiary/aromatic N) is 1. The van der Waals surface area contributed by atoms with E-state index in [9.17, 15) is 9.90 Å². The molecule has 1 heterocycles. The molecule has 124 valence electrons. The summed E-state index contributed by atoms with van der Waals surface area (Å²) in [4.78, 5) is 16.1. The van der Waals surface area contributed by atoms with Crippen LogP contribution in [0.3, 0.4) is 0 Å². The molecule has 0 radical (unpaired) electrons. The van der Waals surface area contributed by atoms with E-state index in [1.807, 2.05) is 31.2 Å². The molecule has 0 aliphatic rings. The van der Waals surface area contributed by atoms with E-state index in [0.29, 0.717) is 13.2 Å². The zero-order valence-corrected chi connectivity index (χ0v) is 13.2. The number of hydrogen-bond donors (Lipinski definition) is 3. The number of nitrogens with one attached hydrogen (secondary N) is 1. The summed E-state index contributed by atoms with van der Waals surface area (Å²) >= 11 is 0. The number of aliphatic hydroxyl groups is 1. The molecule has 1 aromatic carbocycles. The summed E-state index contributed by atoms with van der Waals surface area (Å²) < 4.78 is 10.6. The van der Waals surface area contributed by atoms with Crippen LogP contribution in [0, 0.1) is 0 Å². The molecule has 0 saturated carbocycles. The van der Waals surface area contributed by atoms with Crippen LogP contribution in [0.1, 0.15) is 41.8 Å². The Morgan fingerprint density at radius 3 is 2.91 bits per heavy atom. The smallest absolute Gasteiger partial charge is 0.273 e. The molecule has 1 amide bonds. The molecule has 23 heavy (non-hydrogen) atoms. The molecule has 0 saturated heterocycles. The van der Waals surface area contributed by atoms with Crippen LogP contribution in [0.5, 0.6) is 5.75 Å². The third-order valence-corrected chi connectivity index (χ3v) is 3.27. The number of aliphatic hydroxyl groups excluding tert-OH is 1. The highest BCUT2D eigenvalue weighted by atomic mass is 16.5. The Bertz CT molecular complexity index is 654. The summed E-state index contributed by atoms with van der Waals surface area (Å²) in [5, 5.41) is 12.2. The number of nitrogens with two attached hydrogens (primary N) is 1. The lowest BCUT2D eigenvalue weighted by atomic mass is 10.2. The number of oxazole rings is 1. The van der Waals surface area contributed by atoms with E-state index in [0.717, 1.165) is 11.3 Å². The van der Waals surface area contributed by atoms with Gasteiger partial charge in [0.05, 0.1) is 12.7 Å². The highest BCUT2D eigenvalue weighted by molar-refractivity contribution is 5.91. The first-order valence-corrected chi connectivity index (χ1v) is 7.41. The maximum atomic E-state index is 12.1. The van der Waals surface area contributed by atoms with Gasteiger partial charge in [0.15, 0.2) is 5.69 Å². The van der Waals surface area contributed by atoms with Crippen LogP contribution >= 0.6 is 0 Å². The third kappa shape index (κ3) is 4.30. The first-order chi connectivity index (χ1) is 11.0. The van der Waals surface area contributed by atoms with Crippen molar-refractivity contribution in [3.05, 3.63) is 47.7 Å². The van der Waals surface area contributed by atoms with E-state index in [2.05, 4.69) is 10.3 Å². The zero-order valence-electron chi connectivity index (χ0n) is 13.2. The second-order valence-electron chi connectivity index (χ2n) is 5.06. The van der Waals surface area contributed by atoms with Crippen molar-refractivity contribution in [2.24, 2.45) is 5.73 Å². The first kappa shape index (κ1) is 17.0. The Kier molecular flexibility index (Phi) is 5.72. The molecule has 0 aliphatic carbocycles. The van der Waals surface area contributed by atoms with Crippen molar-refractivity contribution in [2.75, 3.05) is 6.61 Å². The van der Waals surface area contributed by atoms with Crippen molar-refractivity contribution < 1.29 is 19.1 Å². The van der Waals surface area contributed by atoms with Gasteiger partial charge >= 0.3 is 0 Å². The van der Waals surface area contributed by atoms with Crippen molar-refractivity contribution in [3.63, 3.8) is 0 Å². The third-order valence-electron chi connectivity index (χ3n) is 3.27. The van der Waals surface area contributed by atoms with Gasteiger partial charge in [0.1, 0.15) is 18.1 Å². The van der Waals surface area contributed by atoms with Crippen LogP contribution in [0.15, 0.2) is 34.9 Å². The lowest BCUT2D eigenvalue weighted by Gasteiger charge is -2.10. The van der Waals surface area contributed by atoms with E-state index in [4.69, 9.17) is 14.9 Å². The molecular formula is C16H21N3O4. The van der Waals surface area contributed by atoms with Gasteiger partial charge < -0.3 is 25.3 Å². The summed E-state index contributed by atoms with van der Waals surface area (Å²) in [6, 6.07) is 6.71. The standard InChI is InChI=1S/C16H21N3O4/c1-3-22-13-7-5-4-6-11(13)8-18-15(21)12-9-23-16(19-12)14(17)10(2)20/h4-7,9-10,14,20H,3,8,17H2,1-2H3,(H,18,21). The van der Waals surface area contributed by atoms with Gasteiger partial charge in [-0.15, -0.1) is 0 Å². The van der Waals surface area contributed by atoms with Gasteiger partial charge in [-0.05, 0) is 19.9 Å². The summed E-state index contributed by atoms with van der Waals surface area (Å²) in [6.45, 7) is 4.28. The van der Waals surface area contributed by atoms with E-state index in [1.54, 1.807) is 0 Å². The molecule has 0 spiro atoms. The van der Waals surface area contributed by atoms with Gasteiger partial charge in [0.2, 0.25) is 5.89 Å². The molecule has 7 heteroatoms. The normalized spacial score (nSPS) is 13.4. The number of carbonyl (C=O) groups excluding carboxylic acids is 1. The van der Waals surface area contributed by atoms with Crippen molar-refractivity contribution in [1.29, 1.82) is 0 Å². The predicted octanol–water partition coefficient (Wildman–Crippen LogP) is 1.38. The second kappa shape index (κ2) is 7.75. The number of amides is 1. The number of aromatic nitrogens is 1. The van der Waals surface area contributed by atoms with Gasteiger partial charge in [-0.3, -0.25) is 4.79 Å². The lowest BCUT2D eigenvalue weighted by molar-refractivity contribution is 0.0945. The van der Waals surface area contributed by atoms with Crippen molar-refractivity contribution >= 4 is 5.91 Å². The van der Waals surface area contributed by atoms with E-state index in [-0.39, 0.29) is 17.5 Å². The van der Waals surface area contributed by atoms with E-state index >= 15 is 0 Å². The summed E-state index contributed by atoms with van der Waals surface area (Å²) in [5.41, 5.74) is 6.70. The number of para-hydroxylation sites is 1. The van der Waals surface area contributed by atoms with Crippen LogP contribution in [0.2, 0.25) is 0 Å². The highest BCUT2D eigenvalue weighted by Gasteiger charge is 2.20. The van der Waals surface area contributed by atoms with E-state index < -0.39 is 12.1 Å². The quantitative estimate of drug-likeness (QED) is 0.711. The van der Waals surface area contributed by atoms with Crippen molar-refractivity contribution in [3.8, 4) is 5.75 Å². The Morgan fingerprint density at radius 2 is 2.22 bits per heavy atom. The average molecular weight is 319 g/mol. The number of hydrogen-bond acceptors (Lipinski definition) is 6. The zero-order chi connectivity index (χ0) is 16.8. The van der Waals surface area contributed by atoms with Gasteiger partial charge in [0.25, 0.3) is 5.91 Å². The molecule has 0 bridgehead atoms. The van der Waals surface area contributed by atoms with Gasteiger partial charge in [0, 0.05) is 12.1 Å². The Balaban J connectivity index is 2.00. The molecule has 1 aromatic heterocycles. The first-order valence-electron chi connectivity index (χ1n) is 7.41. The number of carbonyl (C=O) groups is 1. The maximum absolute atomic E-state index is 12.1. The van der Waals surface area contributed by atoms with E-state index in [1.165, 1.54) is 13.2 Å². The number of rotatable bonds is 7. The fourth-order valence-electron chi connectivity index (χ4n) is 1.96. The fourth-order valence-corrected chi connectivity index (χ4v) is 1.96. The predicted molar refractivity (Wildman–Crippen MR) is 83.9 cm³/mol. The molecule has 0 fully saturated rings. The Morgan fingerprint density at radius 1 is 1.48 bits per heavy atom. The van der Waals surface area contributed by atoms with Crippen LogP contribution in [-0.2, 0) is 6.54 Å². The van der Waals surface area contributed by atoms with Crippen LogP contribution < -0.4 is 15.8 Å². The molecule has 2 unspecified atom stereocenters. The Labute approximate surface area is 134 Å². The molecule has 4 N–H and O–H groups in total. The molecule has 0 aliphatic heterocycles. The monoisotopic (exact) mass is 319 g/mol. The molecule has 2 rings (SSSR count). The second-order valence-corrected chi connectivity index (χ2v) is 5.06. The van der Waals surface area contributed by atoms with Crippen LogP contribution in [0.4, 0.5) is 0 Å². The number of benzene rings is 1. The van der Waals surface area contributed by atoms with Gasteiger partial charge in [-0.2, -0.15) is 0 Å². The van der Waals surface area contributed by atoms with Crippen molar-refractivity contribution in [2.45, 2.75) is 32.5 Å². The topological polar surface area (TPSA) is 111 Å². The molecular weight excluding hydrogens is 298 g/mol. The summed E-state index contributed by atoms with van der Waals surface area (Å²) in [6.07, 6.45) is 0.407. The fraction of sp³-hybridized carbons (Fsp3) is 0.375. The maximum Gasteiger partial charge on any atom is 0.273 e. The average Bonchev–Trinajstić information content (AvgIpc) is 3.03. The lowest BCUT2D eigenvalue weighted by Crippen LogP contribution is -2.25. The van der Waals surface area contributed by atoms with Crippen LogP contribution in [-0.4, -0.2) is 28.7 Å². The largest absolute Gasteiger partial charge is 0.494 e.